The molecule has 0 amide bonds. The molecule has 0 fully saturated rings. The quantitative estimate of drug-likeness (QED) is 0.871. The fourth-order valence-corrected chi connectivity index (χ4v) is 1.69. The molecule has 0 radical (unpaired) electrons. The van der Waals surface area contributed by atoms with Crippen molar-refractivity contribution in [3.05, 3.63) is 36.0 Å². The van der Waals surface area contributed by atoms with Crippen molar-refractivity contribution in [3.63, 3.8) is 0 Å². The number of rotatable bonds is 5. The first-order valence-corrected chi connectivity index (χ1v) is 6.29. The molecular formula is C13H19N5. The predicted octanol–water partition coefficient (Wildman–Crippen LogP) is 1.72. The molecule has 0 saturated heterocycles. The summed E-state index contributed by atoms with van der Waals surface area (Å²) in [6.45, 7) is 7.05. The van der Waals surface area contributed by atoms with Crippen LogP contribution in [0.1, 0.15) is 32.3 Å². The van der Waals surface area contributed by atoms with Crippen LogP contribution in [0.5, 0.6) is 0 Å². The van der Waals surface area contributed by atoms with Crippen LogP contribution in [0.25, 0.3) is 5.82 Å². The summed E-state index contributed by atoms with van der Waals surface area (Å²) in [5.41, 5.74) is 0.950. The summed E-state index contributed by atoms with van der Waals surface area (Å²) in [6.07, 6.45) is 4.58. The molecule has 18 heavy (non-hydrogen) atoms. The van der Waals surface area contributed by atoms with Crippen LogP contribution in [0.2, 0.25) is 0 Å². The molecule has 2 rings (SSSR count). The Balaban J connectivity index is 2.12. The minimum Gasteiger partial charge on any atom is -0.309 e. The van der Waals surface area contributed by atoms with E-state index in [0.29, 0.717) is 6.04 Å². The second-order valence-corrected chi connectivity index (χ2v) is 4.49. The maximum absolute atomic E-state index is 4.28. The molecule has 0 saturated carbocycles. The van der Waals surface area contributed by atoms with Crippen molar-refractivity contribution in [2.45, 2.75) is 39.8 Å². The lowest BCUT2D eigenvalue weighted by Crippen LogP contribution is -2.22. The Labute approximate surface area is 107 Å². The minimum absolute atomic E-state index is 0.451. The van der Waals surface area contributed by atoms with E-state index in [1.807, 2.05) is 22.9 Å². The van der Waals surface area contributed by atoms with Crippen LogP contribution < -0.4 is 5.32 Å². The number of imidazole rings is 1. The van der Waals surface area contributed by atoms with Gasteiger partial charge in [0.2, 0.25) is 0 Å². The highest BCUT2D eigenvalue weighted by Gasteiger charge is 2.05. The second kappa shape index (κ2) is 5.73. The summed E-state index contributed by atoms with van der Waals surface area (Å²) >= 11 is 0. The summed E-state index contributed by atoms with van der Waals surface area (Å²) in [5.74, 6) is 1.81. The third-order valence-electron chi connectivity index (χ3n) is 2.68. The average molecular weight is 245 g/mol. The van der Waals surface area contributed by atoms with Gasteiger partial charge in [0.25, 0.3) is 0 Å². The van der Waals surface area contributed by atoms with Crippen molar-refractivity contribution in [2.24, 2.45) is 0 Å². The molecular weight excluding hydrogens is 226 g/mol. The zero-order valence-corrected chi connectivity index (χ0v) is 11.1. The first-order chi connectivity index (χ1) is 8.70. The minimum atomic E-state index is 0.451. The van der Waals surface area contributed by atoms with Crippen LogP contribution in [-0.4, -0.2) is 25.8 Å². The fraction of sp³-hybridized carbons (Fsp3) is 0.462. The Bertz CT molecular complexity index is 486. The zero-order valence-electron chi connectivity index (χ0n) is 11.1. The van der Waals surface area contributed by atoms with Gasteiger partial charge in [-0.1, -0.05) is 20.8 Å². The van der Waals surface area contributed by atoms with Crippen molar-refractivity contribution < 1.29 is 0 Å². The van der Waals surface area contributed by atoms with Crippen molar-refractivity contribution in [3.8, 4) is 5.82 Å². The van der Waals surface area contributed by atoms with Gasteiger partial charge in [0, 0.05) is 31.4 Å². The first kappa shape index (κ1) is 12.7. The third kappa shape index (κ3) is 2.92. The van der Waals surface area contributed by atoms with Crippen LogP contribution in [0, 0.1) is 0 Å². The van der Waals surface area contributed by atoms with E-state index >= 15 is 0 Å². The normalized spacial score (nSPS) is 11.1. The first-order valence-electron chi connectivity index (χ1n) is 6.29. The zero-order chi connectivity index (χ0) is 13.0. The molecule has 0 aliphatic heterocycles. The van der Waals surface area contributed by atoms with Gasteiger partial charge in [0.15, 0.2) is 5.82 Å². The van der Waals surface area contributed by atoms with Crippen molar-refractivity contribution >= 4 is 0 Å². The number of nitrogens with zero attached hydrogens (tertiary/aromatic N) is 4. The van der Waals surface area contributed by atoms with Gasteiger partial charge in [-0.05, 0) is 12.1 Å². The molecule has 0 aliphatic carbocycles. The fourth-order valence-electron chi connectivity index (χ4n) is 1.69. The highest BCUT2D eigenvalue weighted by atomic mass is 15.2. The molecule has 0 aliphatic rings. The lowest BCUT2D eigenvalue weighted by atomic mass is 10.3. The summed E-state index contributed by atoms with van der Waals surface area (Å²) < 4.78 is 1.96. The van der Waals surface area contributed by atoms with Gasteiger partial charge in [-0.15, -0.1) is 5.10 Å². The van der Waals surface area contributed by atoms with E-state index < -0.39 is 0 Å². The van der Waals surface area contributed by atoms with Gasteiger partial charge in [-0.25, -0.2) is 4.98 Å². The lowest BCUT2D eigenvalue weighted by Gasteiger charge is -2.08. The van der Waals surface area contributed by atoms with E-state index in [-0.39, 0.29) is 0 Å². The Morgan fingerprint density at radius 2 is 2.11 bits per heavy atom. The number of hydrogen-bond donors (Lipinski definition) is 1. The van der Waals surface area contributed by atoms with E-state index in [9.17, 15) is 0 Å². The molecule has 0 spiro atoms. The van der Waals surface area contributed by atoms with Gasteiger partial charge in [0.1, 0.15) is 5.82 Å². The number of aryl methyl sites for hydroxylation is 1. The summed E-state index contributed by atoms with van der Waals surface area (Å²) in [5, 5.41) is 11.8. The molecule has 0 atom stereocenters. The summed E-state index contributed by atoms with van der Waals surface area (Å²) in [4.78, 5) is 4.28. The SMILES string of the molecule is CCc1nccn1-c1ccc(CNC(C)C)nn1. The van der Waals surface area contributed by atoms with E-state index in [0.717, 1.165) is 30.3 Å². The van der Waals surface area contributed by atoms with E-state index in [1.54, 1.807) is 6.20 Å². The molecule has 1 N–H and O–H groups in total. The van der Waals surface area contributed by atoms with Gasteiger partial charge in [0.05, 0.1) is 5.69 Å². The Morgan fingerprint density at radius 3 is 2.72 bits per heavy atom. The van der Waals surface area contributed by atoms with E-state index in [4.69, 9.17) is 0 Å². The van der Waals surface area contributed by atoms with Crippen molar-refractivity contribution in [1.82, 2.24) is 25.1 Å². The largest absolute Gasteiger partial charge is 0.309 e. The third-order valence-corrected chi connectivity index (χ3v) is 2.68. The number of aromatic nitrogens is 4. The standard InChI is InChI=1S/C13H19N5/c1-4-12-14-7-8-18(12)13-6-5-11(16-17-13)9-15-10(2)3/h5-8,10,15H,4,9H2,1-3H3. The maximum Gasteiger partial charge on any atom is 0.160 e. The number of hydrogen-bond acceptors (Lipinski definition) is 4. The Morgan fingerprint density at radius 1 is 1.28 bits per heavy atom. The molecule has 2 heterocycles. The molecule has 0 unspecified atom stereocenters. The average Bonchev–Trinajstić information content (AvgIpc) is 2.85. The van der Waals surface area contributed by atoms with Gasteiger partial charge < -0.3 is 5.32 Å². The Kier molecular flexibility index (Phi) is 4.04. The highest BCUT2D eigenvalue weighted by Crippen LogP contribution is 2.07. The maximum atomic E-state index is 4.28. The van der Waals surface area contributed by atoms with E-state index in [2.05, 4.69) is 41.3 Å². The molecule has 0 bridgehead atoms. The van der Waals surface area contributed by atoms with Crippen LogP contribution >= 0.6 is 0 Å². The molecule has 0 aromatic carbocycles. The highest BCUT2D eigenvalue weighted by molar-refractivity contribution is 5.24. The molecule has 2 aromatic heterocycles. The smallest absolute Gasteiger partial charge is 0.160 e. The van der Waals surface area contributed by atoms with Crippen LogP contribution in [-0.2, 0) is 13.0 Å². The number of nitrogens with one attached hydrogen (secondary N) is 1. The van der Waals surface area contributed by atoms with Crippen molar-refractivity contribution in [2.75, 3.05) is 0 Å². The summed E-state index contributed by atoms with van der Waals surface area (Å²) in [6, 6.07) is 4.43. The second-order valence-electron chi connectivity index (χ2n) is 4.49. The van der Waals surface area contributed by atoms with Gasteiger partial charge in [-0.2, -0.15) is 5.10 Å². The molecule has 5 heteroatoms. The van der Waals surface area contributed by atoms with Crippen LogP contribution in [0.4, 0.5) is 0 Å². The van der Waals surface area contributed by atoms with Gasteiger partial charge >= 0.3 is 0 Å². The van der Waals surface area contributed by atoms with Crippen LogP contribution in [0.3, 0.4) is 0 Å². The van der Waals surface area contributed by atoms with E-state index in [1.165, 1.54) is 0 Å². The Hall–Kier alpha value is -1.75. The molecule has 5 nitrogen and oxygen atoms in total. The predicted molar refractivity (Wildman–Crippen MR) is 70.5 cm³/mol. The molecule has 2 aromatic rings. The van der Waals surface area contributed by atoms with Gasteiger partial charge in [-0.3, -0.25) is 4.57 Å². The summed E-state index contributed by atoms with van der Waals surface area (Å²) in [7, 11) is 0. The molecule has 96 valence electrons. The topological polar surface area (TPSA) is 55.6 Å². The monoisotopic (exact) mass is 245 g/mol. The van der Waals surface area contributed by atoms with Crippen molar-refractivity contribution in [1.29, 1.82) is 0 Å². The lowest BCUT2D eigenvalue weighted by molar-refractivity contribution is 0.577. The van der Waals surface area contributed by atoms with Crippen LogP contribution in [0.15, 0.2) is 24.5 Å².